The van der Waals surface area contributed by atoms with Crippen LogP contribution in [0.3, 0.4) is 0 Å². The van der Waals surface area contributed by atoms with Gasteiger partial charge in [0.05, 0.1) is 10.0 Å². The van der Waals surface area contributed by atoms with Gasteiger partial charge in [-0.05, 0) is 6.07 Å². The van der Waals surface area contributed by atoms with Crippen molar-refractivity contribution in [2.24, 2.45) is 12.9 Å². The van der Waals surface area contributed by atoms with Gasteiger partial charge >= 0.3 is 0 Å². The van der Waals surface area contributed by atoms with Crippen molar-refractivity contribution < 1.29 is 0 Å². The van der Waals surface area contributed by atoms with Gasteiger partial charge in [0, 0.05) is 19.3 Å². The number of pyridine rings is 1. The molecule has 90 valence electrons. The molecule has 6 nitrogen and oxygen atoms in total. The monoisotopic (exact) mass is 272 g/mol. The number of aryl methyl sites for hydroxylation is 1. The highest BCUT2D eigenvalue weighted by molar-refractivity contribution is 6.37. The van der Waals surface area contributed by atoms with Crippen molar-refractivity contribution in [1.29, 1.82) is 0 Å². The molecule has 0 aromatic carbocycles. The minimum absolute atomic E-state index is 0.342. The molecular weight excluding hydrogens is 263 g/mol. The van der Waals surface area contributed by atoms with E-state index in [2.05, 4.69) is 20.8 Å². The number of anilines is 3. The first-order valence-electron chi connectivity index (χ1n) is 4.69. The van der Waals surface area contributed by atoms with Crippen molar-refractivity contribution in [2.45, 2.75) is 0 Å². The van der Waals surface area contributed by atoms with E-state index in [4.69, 9.17) is 29.0 Å². The summed E-state index contributed by atoms with van der Waals surface area (Å²) in [7, 11) is 1.81. The van der Waals surface area contributed by atoms with Crippen LogP contribution in [0.2, 0.25) is 10.0 Å². The van der Waals surface area contributed by atoms with Gasteiger partial charge in [0.1, 0.15) is 0 Å². The van der Waals surface area contributed by atoms with E-state index in [9.17, 15) is 0 Å². The SMILES string of the molecule is Cn1ccc(Nc2nc(NN)c(Cl)cc2Cl)n1. The normalized spacial score (nSPS) is 10.4. The van der Waals surface area contributed by atoms with E-state index in [-0.39, 0.29) is 0 Å². The van der Waals surface area contributed by atoms with E-state index in [1.165, 1.54) is 0 Å². The van der Waals surface area contributed by atoms with Crippen LogP contribution in [0.5, 0.6) is 0 Å². The molecule has 8 heteroatoms. The minimum Gasteiger partial charge on any atom is -0.322 e. The maximum Gasteiger partial charge on any atom is 0.161 e. The molecule has 2 rings (SSSR count). The van der Waals surface area contributed by atoms with Crippen LogP contribution in [-0.4, -0.2) is 14.8 Å². The summed E-state index contributed by atoms with van der Waals surface area (Å²) in [6.45, 7) is 0. The molecule has 0 amide bonds. The van der Waals surface area contributed by atoms with Crippen molar-refractivity contribution in [1.82, 2.24) is 14.8 Å². The molecule has 2 aromatic heterocycles. The average molecular weight is 273 g/mol. The van der Waals surface area contributed by atoms with Crippen molar-refractivity contribution in [3.8, 4) is 0 Å². The summed E-state index contributed by atoms with van der Waals surface area (Å²) in [4.78, 5) is 4.13. The lowest BCUT2D eigenvalue weighted by Gasteiger charge is -2.08. The number of nitrogens with one attached hydrogen (secondary N) is 2. The summed E-state index contributed by atoms with van der Waals surface area (Å²) in [6, 6.07) is 3.35. The molecule has 0 aliphatic rings. The Kier molecular flexibility index (Phi) is 3.37. The third-order valence-corrected chi connectivity index (χ3v) is 2.60. The van der Waals surface area contributed by atoms with E-state index in [0.29, 0.717) is 27.5 Å². The number of hydrogen-bond donors (Lipinski definition) is 3. The molecule has 2 heterocycles. The van der Waals surface area contributed by atoms with E-state index in [0.717, 1.165) is 0 Å². The van der Waals surface area contributed by atoms with Crippen molar-refractivity contribution in [3.05, 3.63) is 28.4 Å². The number of nitrogen functional groups attached to an aromatic ring is 1. The van der Waals surface area contributed by atoms with Gasteiger partial charge in [-0.15, -0.1) is 0 Å². The second-order valence-electron chi connectivity index (χ2n) is 3.29. The number of nitrogens with zero attached hydrogens (tertiary/aromatic N) is 3. The fourth-order valence-corrected chi connectivity index (χ4v) is 1.72. The van der Waals surface area contributed by atoms with E-state index < -0.39 is 0 Å². The van der Waals surface area contributed by atoms with Gasteiger partial charge in [-0.1, -0.05) is 23.2 Å². The minimum atomic E-state index is 0.342. The summed E-state index contributed by atoms with van der Waals surface area (Å²) in [5.74, 6) is 6.69. The molecule has 0 aliphatic heterocycles. The van der Waals surface area contributed by atoms with Crippen LogP contribution in [0.15, 0.2) is 18.3 Å². The first-order valence-corrected chi connectivity index (χ1v) is 5.45. The molecule has 0 saturated carbocycles. The Hall–Kier alpha value is -1.50. The van der Waals surface area contributed by atoms with Crippen LogP contribution in [0.4, 0.5) is 17.5 Å². The van der Waals surface area contributed by atoms with Gasteiger partial charge < -0.3 is 10.7 Å². The quantitative estimate of drug-likeness (QED) is 0.589. The Balaban J connectivity index is 2.32. The fraction of sp³-hybridized carbons (Fsp3) is 0.111. The Labute approximate surface area is 108 Å². The van der Waals surface area contributed by atoms with Gasteiger partial charge in [0.2, 0.25) is 0 Å². The van der Waals surface area contributed by atoms with Gasteiger partial charge in [-0.25, -0.2) is 10.8 Å². The molecule has 0 spiro atoms. The molecular formula is C9H10Cl2N6. The molecule has 0 radical (unpaired) electrons. The van der Waals surface area contributed by atoms with Crippen molar-refractivity contribution in [2.75, 3.05) is 10.7 Å². The van der Waals surface area contributed by atoms with E-state index >= 15 is 0 Å². The van der Waals surface area contributed by atoms with Gasteiger partial charge in [-0.2, -0.15) is 5.10 Å². The maximum absolute atomic E-state index is 6.00. The zero-order chi connectivity index (χ0) is 12.4. The largest absolute Gasteiger partial charge is 0.322 e. The fourth-order valence-electron chi connectivity index (χ4n) is 1.26. The highest BCUT2D eigenvalue weighted by Crippen LogP contribution is 2.30. The van der Waals surface area contributed by atoms with Crippen LogP contribution in [0.1, 0.15) is 0 Å². The third kappa shape index (κ3) is 2.60. The van der Waals surface area contributed by atoms with Crippen LogP contribution < -0.4 is 16.6 Å². The Morgan fingerprint density at radius 3 is 2.59 bits per heavy atom. The summed E-state index contributed by atoms with van der Waals surface area (Å²) in [6.07, 6.45) is 1.80. The predicted octanol–water partition coefficient (Wildman–Crippen LogP) is 2.15. The Morgan fingerprint density at radius 1 is 1.29 bits per heavy atom. The molecule has 17 heavy (non-hydrogen) atoms. The van der Waals surface area contributed by atoms with Crippen LogP contribution in [0.25, 0.3) is 0 Å². The molecule has 4 N–H and O–H groups in total. The second kappa shape index (κ2) is 4.79. The number of aromatic nitrogens is 3. The molecule has 0 bridgehead atoms. The molecule has 2 aromatic rings. The summed E-state index contributed by atoms with van der Waals surface area (Å²) >= 11 is 11.9. The predicted molar refractivity (Wildman–Crippen MR) is 68.6 cm³/mol. The first kappa shape index (κ1) is 12.0. The van der Waals surface area contributed by atoms with Gasteiger partial charge in [-0.3, -0.25) is 4.68 Å². The van der Waals surface area contributed by atoms with E-state index in [1.54, 1.807) is 23.0 Å². The molecule has 0 atom stereocenters. The summed E-state index contributed by atoms with van der Waals surface area (Å²) in [5.41, 5.74) is 2.39. The molecule has 0 aliphatic carbocycles. The highest BCUT2D eigenvalue weighted by Gasteiger charge is 2.09. The number of hydrazine groups is 1. The van der Waals surface area contributed by atoms with Crippen LogP contribution in [-0.2, 0) is 7.05 Å². The Bertz CT molecular complexity index is 538. The zero-order valence-corrected chi connectivity index (χ0v) is 10.4. The summed E-state index contributed by atoms with van der Waals surface area (Å²) < 4.78 is 1.66. The third-order valence-electron chi connectivity index (χ3n) is 2.03. The standard InChI is InChI=1S/C9H10Cl2N6/c1-17-3-2-7(16-17)13-8-5(10)4-6(11)9(14-8)15-12/h2-4H,12H2,1H3,(H2,13,14,15,16). The van der Waals surface area contributed by atoms with Crippen molar-refractivity contribution >= 4 is 40.7 Å². The number of rotatable bonds is 3. The topological polar surface area (TPSA) is 80.8 Å². The zero-order valence-electron chi connectivity index (χ0n) is 8.91. The number of hydrogen-bond acceptors (Lipinski definition) is 5. The summed E-state index contributed by atoms with van der Waals surface area (Å²) in [5, 5.41) is 7.85. The van der Waals surface area contributed by atoms with E-state index in [1.807, 2.05) is 7.05 Å². The Morgan fingerprint density at radius 2 is 2.00 bits per heavy atom. The van der Waals surface area contributed by atoms with Crippen LogP contribution in [0, 0.1) is 0 Å². The molecule has 0 fully saturated rings. The molecule has 0 unspecified atom stereocenters. The lowest BCUT2D eigenvalue weighted by Crippen LogP contribution is -2.10. The number of halogens is 2. The average Bonchev–Trinajstić information content (AvgIpc) is 2.68. The lowest BCUT2D eigenvalue weighted by molar-refractivity contribution is 0.771. The second-order valence-corrected chi connectivity index (χ2v) is 4.11. The first-order chi connectivity index (χ1) is 8.10. The van der Waals surface area contributed by atoms with Crippen molar-refractivity contribution in [3.63, 3.8) is 0 Å². The van der Waals surface area contributed by atoms with Gasteiger partial charge in [0.15, 0.2) is 17.5 Å². The van der Waals surface area contributed by atoms with Crippen LogP contribution >= 0.6 is 23.2 Å². The number of nitrogens with two attached hydrogens (primary N) is 1. The molecule has 0 saturated heterocycles. The smallest absolute Gasteiger partial charge is 0.161 e. The lowest BCUT2D eigenvalue weighted by atomic mass is 10.4. The highest BCUT2D eigenvalue weighted by atomic mass is 35.5. The maximum atomic E-state index is 6.00. The van der Waals surface area contributed by atoms with Gasteiger partial charge in [0.25, 0.3) is 0 Å².